The van der Waals surface area contributed by atoms with Crippen molar-refractivity contribution in [2.24, 2.45) is 0 Å². The molecular formula is C8H13NO2S2. The summed E-state index contributed by atoms with van der Waals surface area (Å²) < 4.78 is 25.2. The van der Waals surface area contributed by atoms with E-state index in [2.05, 4.69) is 4.72 Å². The number of hydrogen-bond donors (Lipinski definition) is 1. The van der Waals surface area contributed by atoms with Gasteiger partial charge in [-0.05, 0) is 25.3 Å². The second kappa shape index (κ2) is 4.21. The van der Waals surface area contributed by atoms with Gasteiger partial charge < -0.3 is 0 Å². The Morgan fingerprint density at radius 3 is 2.69 bits per heavy atom. The highest BCUT2D eigenvalue weighted by Gasteiger charge is 2.14. The fraction of sp³-hybridized carbons (Fsp3) is 0.500. The topological polar surface area (TPSA) is 46.2 Å². The largest absolute Gasteiger partial charge is 0.214 e. The molecule has 0 saturated heterocycles. The van der Waals surface area contributed by atoms with Crippen molar-refractivity contribution in [1.82, 2.24) is 4.72 Å². The summed E-state index contributed by atoms with van der Waals surface area (Å²) in [5.41, 5.74) is 0. The summed E-state index contributed by atoms with van der Waals surface area (Å²) in [5.74, 6) is 0. The van der Waals surface area contributed by atoms with Crippen LogP contribution in [0.25, 0.3) is 0 Å². The van der Waals surface area contributed by atoms with Crippen LogP contribution in [0.15, 0.2) is 17.5 Å². The van der Waals surface area contributed by atoms with E-state index in [9.17, 15) is 8.42 Å². The quantitative estimate of drug-likeness (QED) is 0.835. The van der Waals surface area contributed by atoms with E-state index < -0.39 is 10.0 Å². The Bertz CT molecular complexity index is 340. The minimum absolute atomic E-state index is 0.368. The molecule has 1 aromatic rings. The second-order valence-electron chi connectivity index (χ2n) is 2.99. The highest BCUT2D eigenvalue weighted by molar-refractivity contribution is 7.90. The van der Waals surface area contributed by atoms with E-state index in [1.165, 1.54) is 0 Å². The molecule has 74 valence electrons. The molecule has 0 unspecified atom stereocenters. The van der Waals surface area contributed by atoms with Crippen molar-refractivity contribution in [3.8, 4) is 0 Å². The van der Waals surface area contributed by atoms with E-state index >= 15 is 0 Å². The van der Waals surface area contributed by atoms with Gasteiger partial charge in [0.2, 0.25) is 10.0 Å². The number of rotatable bonds is 4. The molecule has 0 bridgehead atoms. The van der Waals surface area contributed by atoms with Crippen molar-refractivity contribution in [2.45, 2.75) is 25.6 Å². The van der Waals surface area contributed by atoms with E-state index in [4.69, 9.17) is 0 Å². The molecule has 13 heavy (non-hydrogen) atoms. The fourth-order valence-corrected chi connectivity index (χ4v) is 2.18. The number of sulfonamides is 1. The zero-order valence-electron chi connectivity index (χ0n) is 7.65. The molecule has 1 rings (SSSR count). The third kappa shape index (κ3) is 3.10. The highest BCUT2D eigenvalue weighted by atomic mass is 32.2. The fourth-order valence-electron chi connectivity index (χ4n) is 0.752. The standard InChI is InChI=1S/C8H13NO2S2/c1-7(2)13(10,11)9-6-8-4-3-5-12-8/h3-5,7,9H,6H2,1-2H3. The molecule has 0 aliphatic carbocycles. The van der Waals surface area contributed by atoms with Gasteiger partial charge in [-0.3, -0.25) is 0 Å². The van der Waals surface area contributed by atoms with Crippen LogP contribution >= 0.6 is 11.3 Å². The zero-order chi connectivity index (χ0) is 9.90. The van der Waals surface area contributed by atoms with Crippen LogP contribution in [0.4, 0.5) is 0 Å². The molecule has 0 amide bonds. The van der Waals surface area contributed by atoms with Crippen LogP contribution < -0.4 is 4.72 Å². The maximum atomic E-state index is 11.3. The number of thiophene rings is 1. The molecule has 0 aromatic carbocycles. The van der Waals surface area contributed by atoms with Gasteiger partial charge in [0.25, 0.3) is 0 Å². The first-order valence-corrected chi connectivity index (χ1v) is 6.46. The van der Waals surface area contributed by atoms with Gasteiger partial charge in [0.05, 0.1) is 5.25 Å². The molecule has 1 heterocycles. The predicted molar refractivity (Wildman–Crippen MR) is 55.2 cm³/mol. The Labute approximate surface area is 82.8 Å². The third-order valence-electron chi connectivity index (χ3n) is 1.65. The van der Waals surface area contributed by atoms with Crippen molar-refractivity contribution in [3.63, 3.8) is 0 Å². The average Bonchev–Trinajstić information content (AvgIpc) is 2.52. The smallest absolute Gasteiger partial charge is 0.212 e. The van der Waals surface area contributed by atoms with Crippen molar-refractivity contribution >= 4 is 21.4 Å². The zero-order valence-corrected chi connectivity index (χ0v) is 9.28. The monoisotopic (exact) mass is 219 g/mol. The summed E-state index contributed by atoms with van der Waals surface area (Å²) in [6, 6.07) is 3.82. The molecule has 0 fully saturated rings. The molecular weight excluding hydrogens is 206 g/mol. The highest BCUT2D eigenvalue weighted by Crippen LogP contribution is 2.08. The summed E-state index contributed by atoms with van der Waals surface area (Å²) in [5, 5.41) is 1.56. The molecule has 0 aliphatic heterocycles. The lowest BCUT2D eigenvalue weighted by Gasteiger charge is -2.07. The van der Waals surface area contributed by atoms with E-state index in [0.717, 1.165) is 4.88 Å². The Hall–Kier alpha value is -0.390. The normalized spacial score (nSPS) is 12.2. The molecule has 0 radical (unpaired) electrons. The van der Waals surface area contributed by atoms with E-state index in [0.29, 0.717) is 6.54 Å². The van der Waals surface area contributed by atoms with Crippen LogP contribution in [-0.4, -0.2) is 13.7 Å². The minimum Gasteiger partial charge on any atom is -0.212 e. The maximum Gasteiger partial charge on any atom is 0.214 e. The van der Waals surface area contributed by atoms with Crippen LogP contribution in [0.3, 0.4) is 0 Å². The summed E-state index contributed by atoms with van der Waals surface area (Å²) in [7, 11) is -3.12. The van der Waals surface area contributed by atoms with E-state index in [1.807, 2.05) is 17.5 Å². The lowest BCUT2D eigenvalue weighted by atomic mass is 10.5. The van der Waals surface area contributed by atoms with Gasteiger partial charge >= 0.3 is 0 Å². The van der Waals surface area contributed by atoms with Gasteiger partial charge in [-0.2, -0.15) is 0 Å². The van der Waals surface area contributed by atoms with Gasteiger partial charge in [-0.25, -0.2) is 13.1 Å². The van der Waals surface area contributed by atoms with Gasteiger partial charge in [0.15, 0.2) is 0 Å². The van der Waals surface area contributed by atoms with Crippen LogP contribution in [0, 0.1) is 0 Å². The molecule has 0 saturated carbocycles. The van der Waals surface area contributed by atoms with Crippen LogP contribution in [0.2, 0.25) is 0 Å². The van der Waals surface area contributed by atoms with Gasteiger partial charge in [0, 0.05) is 11.4 Å². The van der Waals surface area contributed by atoms with Gasteiger partial charge in [0.1, 0.15) is 0 Å². The molecule has 0 aliphatic rings. The predicted octanol–water partition coefficient (Wildman–Crippen LogP) is 1.58. The van der Waals surface area contributed by atoms with Gasteiger partial charge in [-0.1, -0.05) is 6.07 Å². The Kier molecular flexibility index (Phi) is 3.47. The SMILES string of the molecule is CC(C)S(=O)(=O)NCc1cccs1. The molecule has 0 atom stereocenters. The van der Waals surface area contributed by atoms with Crippen molar-refractivity contribution in [3.05, 3.63) is 22.4 Å². The van der Waals surface area contributed by atoms with E-state index in [-0.39, 0.29) is 5.25 Å². The van der Waals surface area contributed by atoms with E-state index in [1.54, 1.807) is 25.2 Å². The maximum absolute atomic E-state index is 11.3. The summed E-state index contributed by atoms with van der Waals surface area (Å²) in [6.07, 6.45) is 0. The Balaban J connectivity index is 2.53. The lowest BCUT2D eigenvalue weighted by Crippen LogP contribution is -2.29. The first-order chi connectivity index (χ1) is 6.02. The molecule has 0 spiro atoms. The van der Waals surface area contributed by atoms with Crippen molar-refractivity contribution in [2.75, 3.05) is 0 Å². The third-order valence-corrected chi connectivity index (χ3v) is 4.31. The molecule has 3 nitrogen and oxygen atoms in total. The second-order valence-corrected chi connectivity index (χ2v) is 6.35. The van der Waals surface area contributed by atoms with Crippen LogP contribution in [0.1, 0.15) is 18.7 Å². The average molecular weight is 219 g/mol. The van der Waals surface area contributed by atoms with Crippen LogP contribution in [-0.2, 0) is 16.6 Å². The minimum atomic E-state index is -3.12. The number of nitrogens with one attached hydrogen (secondary N) is 1. The number of hydrogen-bond acceptors (Lipinski definition) is 3. The van der Waals surface area contributed by atoms with Crippen LogP contribution in [0.5, 0.6) is 0 Å². The Morgan fingerprint density at radius 1 is 1.54 bits per heavy atom. The Morgan fingerprint density at radius 2 is 2.23 bits per heavy atom. The molecule has 1 N–H and O–H groups in total. The summed E-state index contributed by atoms with van der Waals surface area (Å²) in [6.45, 7) is 3.73. The summed E-state index contributed by atoms with van der Waals surface area (Å²) >= 11 is 1.55. The molecule has 1 aromatic heterocycles. The molecule has 5 heteroatoms. The first-order valence-electron chi connectivity index (χ1n) is 4.03. The lowest BCUT2D eigenvalue weighted by molar-refractivity contribution is 0.572. The van der Waals surface area contributed by atoms with Crippen molar-refractivity contribution in [1.29, 1.82) is 0 Å². The first kappa shape index (κ1) is 10.7. The van der Waals surface area contributed by atoms with Crippen molar-refractivity contribution < 1.29 is 8.42 Å². The van der Waals surface area contributed by atoms with Gasteiger partial charge in [-0.15, -0.1) is 11.3 Å². The summed E-state index contributed by atoms with van der Waals surface area (Å²) in [4.78, 5) is 1.03.